The van der Waals surface area contributed by atoms with Gasteiger partial charge < -0.3 is 11.1 Å². The van der Waals surface area contributed by atoms with Crippen molar-refractivity contribution in [2.24, 2.45) is 11.1 Å². The summed E-state index contributed by atoms with van der Waals surface area (Å²) < 4.78 is 0. The Bertz CT molecular complexity index is 503. The number of rotatable bonds is 3. The predicted octanol–water partition coefficient (Wildman–Crippen LogP) is 1.89. The summed E-state index contributed by atoms with van der Waals surface area (Å²) in [4.78, 5) is 11.9. The Kier molecular flexibility index (Phi) is 3.05. The molecule has 1 aliphatic carbocycles. The molecule has 0 aromatic heterocycles. The first kappa shape index (κ1) is 11.9. The lowest BCUT2D eigenvalue weighted by atomic mass is 10.1. The molecular formula is C12H12ClN3O. The lowest BCUT2D eigenvalue weighted by molar-refractivity contribution is -0.120. The summed E-state index contributed by atoms with van der Waals surface area (Å²) in [6.45, 7) is 0.354. The lowest BCUT2D eigenvalue weighted by Crippen LogP contribution is -2.30. The second-order valence-corrected chi connectivity index (χ2v) is 4.65. The molecule has 88 valence electrons. The minimum Gasteiger partial charge on any atom is -0.329 e. The molecule has 1 saturated carbocycles. The molecule has 0 atom stereocenters. The van der Waals surface area contributed by atoms with E-state index in [2.05, 4.69) is 5.32 Å². The highest BCUT2D eigenvalue weighted by Gasteiger charge is 2.48. The Morgan fingerprint density at radius 3 is 2.76 bits per heavy atom. The number of nitrogens with zero attached hydrogens (tertiary/aromatic N) is 1. The van der Waals surface area contributed by atoms with Crippen LogP contribution < -0.4 is 11.1 Å². The second kappa shape index (κ2) is 4.36. The number of carbonyl (C=O) groups is 1. The third-order valence-corrected chi connectivity index (χ3v) is 3.39. The van der Waals surface area contributed by atoms with Gasteiger partial charge in [-0.2, -0.15) is 5.26 Å². The molecule has 0 radical (unpaired) electrons. The van der Waals surface area contributed by atoms with Gasteiger partial charge in [0.05, 0.1) is 27.8 Å². The molecule has 1 aliphatic rings. The number of hydrogen-bond acceptors (Lipinski definition) is 3. The van der Waals surface area contributed by atoms with E-state index in [0.29, 0.717) is 22.8 Å². The van der Waals surface area contributed by atoms with E-state index < -0.39 is 5.41 Å². The fraction of sp³-hybridized carbons (Fsp3) is 0.333. The standard InChI is InChI=1S/C12H12ClN3O/c13-9-5-8(6-14)1-2-10(9)16-11(17)12(7-15)3-4-12/h1-2,5H,3-4,7,15H2,(H,16,17). The number of nitrogens with two attached hydrogens (primary N) is 1. The van der Waals surface area contributed by atoms with Gasteiger partial charge in [-0.25, -0.2) is 0 Å². The van der Waals surface area contributed by atoms with Crippen molar-refractivity contribution in [3.8, 4) is 6.07 Å². The van der Waals surface area contributed by atoms with Crippen molar-refractivity contribution in [2.75, 3.05) is 11.9 Å². The molecule has 0 bridgehead atoms. The normalized spacial score (nSPS) is 16.1. The van der Waals surface area contributed by atoms with Gasteiger partial charge in [0.15, 0.2) is 0 Å². The van der Waals surface area contributed by atoms with Crippen LogP contribution in [0, 0.1) is 16.7 Å². The number of halogens is 1. The van der Waals surface area contributed by atoms with Crippen LogP contribution in [-0.2, 0) is 4.79 Å². The largest absolute Gasteiger partial charge is 0.329 e. The van der Waals surface area contributed by atoms with E-state index >= 15 is 0 Å². The maximum Gasteiger partial charge on any atom is 0.231 e. The van der Waals surface area contributed by atoms with Crippen LogP contribution in [-0.4, -0.2) is 12.5 Å². The van der Waals surface area contributed by atoms with Gasteiger partial charge in [-0.05, 0) is 31.0 Å². The van der Waals surface area contributed by atoms with Crippen molar-refractivity contribution in [1.29, 1.82) is 5.26 Å². The molecule has 0 aliphatic heterocycles. The first-order chi connectivity index (χ1) is 8.11. The number of carbonyl (C=O) groups excluding carboxylic acids is 1. The summed E-state index contributed by atoms with van der Waals surface area (Å²) in [5.74, 6) is -0.0911. The van der Waals surface area contributed by atoms with Crippen LogP contribution in [0.1, 0.15) is 18.4 Å². The van der Waals surface area contributed by atoms with Crippen LogP contribution in [0.3, 0.4) is 0 Å². The Labute approximate surface area is 104 Å². The zero-order valence-corrected chi connectivity index (χ0v) is 9.92. The first-order valence-electron chi connectivity index (χ1n) is 5.32. The number of amides is 1. The summed E-state index contributed by atoms with van der Waals surface area (Å²) in [7, 11) is 0. The van der Waals surface area contributed by atoms with E-state index in [1.807, 2.05) is 6.07 Å². The van der Waals surface area contributed by atoms with Gasteiger partial charge in [-0.1, -0.05) is 11.6 Å². The Morgan fingerprint density at radius 2 is 2.29 bits per heavy atom. The van der Waals surface area contributed by atoms with Crippen molar-refractivity contribution in [3.63, 3.8) is 0 Å². The fourth-order valence-electron chi connectivity index (χ4n) is 1.62. The average Bonchev–Trinajstić information content (AvgIpc) is 3.12. The van der Waals surface area contributed by atoms with Gasteiger partial charge in [0.2, 0.25) is 5.91 Å². The molecule has 3 N–H and O–H groups in total. The highest BCUT2D eigenvalue weighted by atomic mass is 35.5. The van der Waals surface area contributed by atoms with Gasteiger partial charge in [-0.15, -0.1) is 0 Å². The van der Waals surface area contributed by atoms with Crippen molar-refractivity contribution >= 4 is 23.2 Å². The molecule has 1 aromatic carbocycles. The van der Waals surface area contributed by atoms with E-state index in [1.165, 1.54) is 6.07 Å². The smallest absolute Gasteiger partial charge is 0.231 e. The molecule has 0 unspecified atom stereocenters. The van der Waals surface area contributed by atoms with Crippen LogP contribution in [0.4, 0.5) is 5.69 Å². The van der Waals surface area contributed by atoms with Crippen LogP contribution in [0.25, 0.3) is 0 Å². The zero-order valence-electron chi connectivity index (χ0n) is 9.16. The van der Waals surface area contributed by atoms with Gasteiger partial charge in [-0.3, -0.25) is 4.79 Å². The van der Waals surface area contributed by atoms with E-state index in [4.69, 9.17) is 22.6 Å². The number of nitrogens with one attached hydrogen (secondary N) is 1. The Morgan fingerprint density at radius 1 is 1.59 bits per heavy atom. The lowest BCUT2D eigenvalue weighted by Gasteiger charge is -2.13. The van der Waals surface area contributed by atoms with E-state index in [9.17, 15) is 4.79 Å². The molecule has 4 nitrogen and oxygen atoms in total. The number of hydrogen-bond donors (Lipinski definition) is 2. The zero-order chi connectivity index (χ0) is 12.5. The van der Waals surface area contributed by atoms with Crippen molar-refractivity contribution in [3.05, 3.63) is 28.8 Å². The monoisotopic (exact) mass is 249 g/mol. The first-order valence-corrected chi connectivity index (χ1v) is 5.70. The summed E-state index contributed by atoms with van der Waals surface area (Å²) >= 11 is 5.97. The maximum absolute atomic E-state index is 11.9. The van der Waals surface area contributed by atoms with Crippen LogP contribution in [0.15, 0.2) is 18.2 Å². The second-order valence-electron chi connectivity index (χ2n) is 4.25. The van der Waals surface area contributed by atoms with Crippen LogP contribution in [0.5, 0.6) is 0 Å². The van der Waals surface area contributed by atoms with Gasteiger partial charge in [0.1, 0.15) is 0 Å². The minimum atomic E-state index is -0.406. The minimum absolute atomic E-state index is 0.0911. The van der Waals surface area contributed by atoms with Crippen molar-refractivity contribution < 1.29 is 4.79 Å². The van der Waals surface area contributed by atoms with Gasteiger partial charge in [0, 0.05) is 6.54 Å². The van der Waals surface area contributed by atoms with Gasteiger partial charge >= 0.3 is 0 Å². The highest BCUT2D eigenvalue weighted by molar-refractivity contribution is 6.33. The molecule has 1 fully saturated rings. The highest BCUT2D eigenvalue weighted by Crippen LogP contribution is 2.45. The van der Waals surface area contributed by atoms with Crippen molar-refractivity contribution in [2.45, 2.75) is 12.8 Å². The third kappa shape index (κ3) is 2.26. The third-order valence-electron chi connectivity index (χ3n) is 3.07. The Balaban J connectivity index is 2.15. The van der Waals surface area contributed by atoms with E-state index in [0.717, 1.165) is 12.8 Å². The molecule has 2 rings (SSSR count). The van der Waals surface area contributed by atoms with Crippen molar-refractivity contribution in [1.82, 2.24) is 0 Å². The quantitative estimate of drug-likeness (QED) is 0.859. The summed E-state index contributed by atoms with van der Waals surface area (Å²) in [6.07, 6.45) is 1.65. The molecule has 1 aromatic rings. The van der Waals surface area contributed by atoms with E-state index in [-0.39, 0.29) is 5.91 Å². The van der Waals surface area contributed by atoms with E-state index in [1.54, 1.807) is 12.1 Å². The number of nitriles is 1. The topological polar surface area (TPSA) is 78.9 Å². The maximum atomic E-state index is 11.9. The molecular weight excluding hydrogens is 238 g/mol. The number of anilines is 1. The summed E-state index contributed by atoms with van der Waals surface area (Å²) in [5.41, 5.74) is 6.15. The molecule has 0 spiro atoms. The molecule has 17 heavy (non-hydrogen) atoms. The van der Waals surface area contributed by atoms with Crippen LogP contribution >= 0.6 is 11.6 Å². The average molecular weight is 250 g/mol. The Hall–Kier alpha value is -1.57. The molecule has 5 heteroatoms. The predicted molar refractivity (Wildman–Crippen MR) is 65.5 cm³/mol. The number of benzene rings is 1. The molecule has 0 heterocycles. The summed E-state index contributed by atoms with van der Waals surface area (Å²) in [6, 6.07) is 6.76. The SMILES string of the molecule is N#Cc1ccc(NC(=O)C2(CN)CC2)c(Cl)c1. The molecule has 0 saturated heterocycles. The van der Waals surface area contributed by atoms with Crippen LogP contribution in [0.2, 0.25) is 5.02 Å². The molecule has 1 amide bonds. The summed E-state index contributed by atoms with van der Waals surface area (Å²) in [5, 5.41) is 11.8. The van der Waals surface area contributed by atoms with Gasteiger partial charge in [0.25, 0.3) is 0 Å². The fourth-order valence-corrected chi connectivity index (χ4v) is 1.84.